The Kier molecular flexibility index (Phi) is 4.24. The molecule has 1 saturated heterocycles. The highest BCUT2D eigenvalue weighted by Crippen LogP contribution is 2.34. The highest BCUT2D eigenvalue weighted by Gasteiger charge is 2.39. The van der Waals surface area contributed by atoms with Gasteiger partial charge in [-0.25, -0.2) is 12.8 Å². The average molecular weight is 331 g/mol. The second-order valence-electron chi connectivity index (χ2n) is 5.91. The number of hydrogen-bond donors (Lipinski definition) is 1. The number of hydrogen-bond acceptors (Lipinski definition) is 5. The van der Waals surface area contributed by atoms with E-state index < -0.39 is 31.3 Å². The molecule has 1 aromatic carbocycles. The van der Waals surface area contributed by atoms with Crippen LogP contribution in [0.15, 0.2) is 17.0 Å². The average Bonchev–Trinajstić information content (AvgIpc) is 2.85. The molecule has 2 N–H and O–H groups in total. The summed E-state index contributed by atoms with van der Waals surface area (Å²) in [6.45, 7) is 3.93. The molecule has 1 aliphatic heterocycles. The van der Waals surface area contributed by atoms with Crippen LogP contribution in [-0.4, -0.2) is 37.3 Å². The zero-order chi connectivity index (χ0) is 16.7. The summed E-state index contributed by atoms with van der Waals surface area (Å²) in [6.07, 6.45) is 0.596. The van der Waals surface area contributed by atoms with Gasteiger partial charge in [0.1, 0.15) is 5.82 Å². The number of nitro benzene ring substituents is 1. The number of nitrogens with zero attached hydrogens (tertiary/aromatic N) is 2. The molecule has 1 unspecified atom stereocenters. The molecule has 0 aromatic heterocycles. The maximum Gasteiger partial charge on any atom is 0.276 e. The number of nitro groups is 1. The quantitative estimate of drug-likeness (QED) is 0.663. The lowest BCUT2D eigenvalue weighted by atomic mass is 9.90. The molecule has 9 heteroatoms. The molecule has 1 aromatic rings. The monoisotopic (exact) mass is 331 g/mol. The van der Waals surface area contributed by atoms with E-state index >= 15 is 0 Å². The fourth-order valence-electron chi connectivity index (χ4n) is 2.48. The maximum atomic E-state index is 13.8. The van der Waals surface area contributed by atoms with Crippen molar-refractivity contribution in [1.82, 2.24) is 4.31 Å². The van der Waals surface area contributed by atoms with Crippen LogP contribution in [0.3, 0.4) is 0 Å². The van der Waals surface area contributed by atoms with Crippen molar-refractivity contribution in [3.63, 3.8) is 0 Å². The van der Waals surface area contributed by atoms with Crippen molar-refractivity contribution in [3.8, 4) is 0 Å². The van der Waals surface area contributed by atoms with Crippen molar-refractivity contribution in [3.05, 3.63) is 33.6 Å². The van der Waals surface area contributed by atoms with E-state index in [1.807, 2.05) is 6.92 Å². The Labute approximate surface area is 128 Å². The van der Waals surface area contributed by atoms with Crippen LogP contribution in [0.25, 0.3) is 0 Å². The molecular weight excluding hydrogens is 313 g/mol. The fraction of sp³-hybridized carbons (Fsp3) is 0.538. The number of benzene rings is 1. The van der Waals surface area contributed by atoms with E-state index in [0.717, 1.165) is 12.1 Å². The summed E-state index contributed by atoms with van der Waals surface area (Å²) in [5, 5.41) is 10.9. The zero-order valence-electron chi connectivity index (χ0n) is 12.4. The van der Waals surface area contributed by atoms with E-state index in [1.165, 1.54) is 11.2 Å². The number of halogens is 1. The first-order chi connectivity index (χ1) is 10.1. The largest absolute Gasteiger partial charge is 0.330 e. The van der Waals surface area contributed by atoms with Gasteiger partial charge in [0.25, 0.3) is 5.69 Å². The molecule has 0 amide bonds. The summed E-state index contributed by atoms with van der Waals surface area (Å²) in [7, 11) is -3.98. The van der Waals surface area contributed by atoms with Crippen molar-refractivity contribution in [2.45, 2.75) is 25.2 Å². The predicted molar refractivity (Wildman–Crippen MR) is 78.3 cm³/mol. The van der Waals surface area contributed by atoms with E-state index in [-0.39, 0.29) is 24.1 Å². The standard InChI is InChI=1S/C13H18FN3O4S/c1-9-11(14)5-10(6-12(9)17(18)19)22(20,21)16-4-3-13(2,7-15)8-16/h5-6H,3-4,7-8,15H2,1-2H3. The van der Waals surface area contributed by atoms with Gasteiger partial charge < -0.3 is 5.73 Å². The lowest BCUT2D eigenvalue weighted by Gasteiger charge is -2.22. The van der Waals surface area contributed by atoms with Crippen LogP contribution in [0.1, 0.15) is 18.9 Å². The van der Waals surface area contributed by atoms with Crippen LogP contribution in [0.5, 0.6) is 0 Å². The van der Waals surface area contributed by atoms with Crippen LogP contribution in [-0.2, 0) is 10.0 Å². The van der Waals surface area contributed by atoms with E-state index in [2.05, 4.69) is 0 Å². The lowest BCUT2D eigenvalue weighted by molar-refractivity contribution is -0.385. The van der Waals surface area contributed by atoms with Gasteiger partial charge in [0.05, 0.1) is 15.4 Å². The van der Waals surface area contributed by atoms with Gasteiger partial charge in [0.15, 0.2) is 0 Å². The molecule has 0 saturated carbocycles. The highest BCUT2D eigenvalue weighted by molar-refractivity contribution is 7.89. The lowest BCUT2D eigenvalue weighted by Crippen LogP contribution is -2.34. The Morgan fingerprint density at radius 1 is 1.50 bits per heavy atom. The third-order valence-electron chi connectivity index (χ3n) is 4.14. The molecule has 1 fully saturated rings. The third-order valence-corrected chi connectivity index (χ3v) is 5.96. The number of sulfonamides is 1. The van der Waals surface area contributed by atoms with Gasteiger partial charge in [-0.2, -0.15) is 4.31 Å². The van der Waals surface area contributed by atoms with Gasteiger partial charge >= 0.3 is 0 Å². The first-order valence-corrected chi connectivity index (χ1v) is 8.19. The van der Waals surface area contributed by atoms with E-state index in [1.54, 1.807) is 0 Å². The van der Waals surface area contributed by atoms with Crippen molar-refractivity contribution in [2.75, 3.05) is 19.6 Å². The normalized spacial score (nSPS) is 22.9. The predicted octanol–water partition coefficient (Wildman–Crippen LogP) is 1.40. The molecule has 1 heterocycles. The number of rotatable bonds is 4. The molecule has 2 rings (SSSR count). The minimum atomic E-state index is -3.98. The maximum absolute atomic E-state index is 13.8. The van der Waals surface area contributed by atoms with Crippen molar-refractivity contribution >= 4 is 15.7 Å². The summed E-state index contributed by atoms with van der Waals surface area (Å²) in [4.78, 5) is 9.75. The SMILES string of the molecule is Cc1c(F)cc(S(=O)(=O)N2CCC(C)(CN)C2)cc1[N+](=O)[O-]. The van der Waals surface area contributed by atoms with Gasteiger partial charge in [-0.1, -0.05) is 6.92 Å². The van der Waals surface area contributed by atoms with E-state index in [9.17, 15) is 22.9 Å². The molecule has 0 aliphatic carbocycles. The van der Waals surface area contributed by atoms with Crippen molar-refractivity contribution in [2.24, 2.45) is 11.1 Å². The summed E-state index contributed by atoms with van der Waals surface area (Å²) < 4.78 is 40.2. The molecule has 0 spiro atoms. The second kappa shape index (κ2) is 5.56. The van der Waals surface area contributed by atoms with Gasteiger partial charge in [-0.05, 0) is 31.4 Å². The van der Waals surface area contributed by atoms with Gasteiger partial charge in [-0.15, -0.1) is 0 Å². The topological polar surface area (TPSA) is 107 Å². The van der Waals surface area contributed by atoms with E-state index in [0.29, 0.717) is 13.0 Å². The van der Waals surface area contributed by atoms with Crippen LogP contribution in [0, 0.1) is 28.3 Å². The Morgan fingerprint density at radius 3 is 2.64 bits per heavy atom. The molecule has 1 atom stereocenters. The number of nitrogens with two attached hydrogens (primary N) is 1. The molecule has 22 heavy (non-hydrogen) atoms. The fourth-order valence-corrected chi connectivity index (χ4v) is 4.10. The second-order valence-corrected chi connectivity index (χ2v) is 7.85. The first-order valence-electron chi connectivity index (χ1n) is 6.75. The van der Waals surface area contributed by atoms with Crippen LogP contribution < -0.4 is 5.73 Å². The summed E-state index contributed by atoms with van der Waals surface area (Å²) in [5.74, 6) is -0.909. The Bertz CT molecular complexity index is 722. The third kappa shape index (κ3) is 2.83. The van der Waals surface area contributed by atoms with E-state index in [4.69, 9.17) is 5.73 Å². The summed E-state index contributed by atoms with van der Waals surface area (Å²) in [5.41, 5.74) is 4.59. The van der Waals surface area contributed by atoms with Gasteiger partial charge in [0.2, 0.25) is 10.0 Å². The zero-order valence-corrected chi connectivity index (χ0v) is 13.2. The Morgan fingerprint density at radius 2 is 2.14 bits per heavy atom. The Balaban J connectivity index is 2.45. The minimum Gasteiger partial charge on any atom is -0.330 e. The molecule has 7 nitrogen and oxygen atoms in total. The van der Waals surface area contributed by atoms with Gasteiger partial charge in [-0.3, -0.25) is 10.1 Å². The minimum absolute atomic E-state index is 0.183. The molecule has 0 radical (unpaired) electrons. The molecule has 1 aliphatic rings. The molecule has 122 valence electrons. The highest BCUT2D eigenvalue weighted by atomic mass is 32.2. The molecule has 0 bridgehead atoms. The smallest absolute Gasteiger partial charge is 0.276 e. The Hall–Kier alpha value is -1.58. The van der Waals surface area contributed by atoms with Crippen molar-refractivity contribution < 1.29 is 17.7 Å². The first kappa shape index (κ1) is 16.8. The molecular formula is C13H18FN3O4S. The van der Waals surface area contributed by atoms with Crippen LogP contribution in [0.4, 0.5) is 10.1 Å². The van der Waals surface area contributed by atoms with Crippen molar-refractivity contribution in [1.29, 1.82) is 0 Å². The summed E-state index contributed by atoms with van der Waals surface area (Å²) >= 11 is 0. The summed E-state index contributed by atoms with van der Waals surface area (Å²) in [6, 6.07) is 1.74. The van der Waals surface area contributed by atoms with Gasteiger partial charge in [0, 0.05) is 19.2 Å². The van der Waals surface area contributed by atoms with Crippen LogP contribution in [0.2, 0.25) is 0 Å². The van der Waals surface area contributed by atoms with Crippen LogP contribution >= 0.6 is 0 Å².